The molecule has 0 heterocycles. The Bertz CT molecular complexity index is 682. The number of benzene rings is 1. The van der Waals surface area contributed by atoms with Crippen LogP contribution in [0.25, 0.3) is 0 Å². The maximum Gasteiger partial charge on any atom is 0.413 e. The van der Waals surface area contributed by atoms with Gasteiger partial charge in [-0.1, -0.05) is 25.3 Å². The summed E-state index contributed by atoms with van der Waals surface area (Å²) in [5.41, 5.74) is 0.423. The molecule has 8 heteroatoms. The van der Waals surface area contributed by atoms with Gasteiger partial charge in [0.25, 0.3) is 0 Å². The molecule has 0 aliphatic rings. The average molecular weight is 375 g/mol. The van der Waals surface area contributed by atoms with Crippen molar-refractivity contribution < 1.29 is 33.4 Å². The summed E-state index contributed by atoms with van der Waals surface area (Å²) in [5, 5.41) is 2.35. The third-order valence-electron chi connectivity index (χ3n) is 3.15. The van der Waals surface area contributed by atoms with Crippen molar-refractivity contribution in [1.29, 1.82) is 0 Å². The van der Waals surface area contributed by atoms with E-state index in [2.05, 4.69) is 18.5 Å². The van der Waals surface area contributed by atoms with E-state index in [4.69, 9.17) is 14.2 Å². The molecule has 1 amide bonds. The number of nitrogens with one attached hydrogen (secondary N) is 1. The fraction of sp³-hybridized carbons (Fsp3) is 0.263. The van der Waals surface area contributed by atoms with Crippen molar-refractivity contribution in [3.63, 3.8) is 0 Å². The Morgan fingerprint density at radius 1 is 1.04 bits per heavy atom. The van der Waals surface area contributed by atoms with E-state index in [1.54, 1.807) is 0 Å². The van der Waals surface area contributed by atoms with Gasteiger partial charge in [-0.2, -0.15) is 0 Å². The zero-order chi connectivity index (χ0) is 20.1. The Hall–Kier alpha value is -3.42. The average Bonchev–Trinajstić information content (AvgIpc) is 2.68. The molecule has 0 radical (unpaired) electrons. The predicted octanol–water partition coefficient (Wildman–Crippen LogP) is 2.19. The Labute approximate surface area is 156 Å². The first-order valence-corrected chi connectivity index (χ1v) is 8.07. The van der Waals surface area contributed by atoms with Gasteiger partial charge in [-0.3, -0.25) is 9.59 Å². The molecule has 0 fully saturated rings. The first-order valence-electron chi connectivity index (χ1n) is 8.07. The fourth-order valence-corrected chi connectivity index (χ4v) is 1.87. The SMILES string of the molecule is C=CCOC(=O)CC[C@H](NC(=O)Oc1ccc(C=O)cc1)C(=O)OCC=C. The molecule has 1 atom stereocenters. The lowest BCUT2D eigenvalue weighted by atomic mass is 10.1. The third-order valence-corrected chi connectivity index (χ3v) is 3.15. The molecule has 1 N–H and O–H groups in total. The van der Waals surface area contributed by atoms with Gasteiger partial charge in [-0.05, 0) is 30.7 Å². The van der Waals surface area contributed by atoms with Gasteiger partial charge >= 0.3 is 18.0 Å². The van der Waals surface area contributed by atoms with Crippen LogP contribution in [0, 0.1) is 0 Å². The van der Waals surface area contributed by atoms with E-state index >= 15 is 0 Å². The normalized spacial score (nSPS) is 10.8. The molecule has 0 aliphatic heterocycles. The van der Waals surface area contributed by atoms with Crippen molar-refractivity contribution in [1.82, 2.24) is 5.32 Å². The van der Waals surface area contributed by atoms with Crippen molar-refractivity contribution in [2.75, 3.05) is 13.2 Å². The molecule has 0 aliphatic carbocycles. The number of hydrogen-bond donors (Lipinski definition) is 1. The zero-order valence-corrected chi connectivity index (χ0v) is 14.7. The zero-order valence-electron chi connectivity index (χ0n) is 14.7. The Morgan fingerprint density at radius 2 is 1.67 bits per heavy atom. The monoisotopic (exact) mass is 375 g/mol. The topological polar surface area (TPSA) is 108 Å². The van der Waals surface area contributed by atoms with E-state index in [1.807, 2.05) is 0 Å². The largest absolute Gasteiger partial charge is 0.461 e. The Kier molecular flexibility index (Phi) is 9.62. The summed E-state index contributed by atoms with van der Waals surface area (Å²) in [6.45, 7) is 6.87. The van der Waals surface area contributed by atoms with E-state index in [0.29, 0.717) is 11.8 Å². The van der Waals surface area contributed by atoms with E-state index in [9.17, 15) is 19.2 Å². The van der Waals surface area contributed by atoms with Crippen LogP contribution in [-0.4, -0.2) is 43.6 Å². The summed E-state index contributed by atoms with van der Waals surface area (Å²) < 4.78 is 14.8. The van der Waals surface area contributed by atoms with Gasteiger partial charge in [-0.25, -0.2) is 9.59 Å². The molecule has 1 aromatic carbocycles. The number of ether oxygens (including phenoxy) is 3. The van der Waals surface area contributed by atoms with Crippen LogP contribution < -0.4 is 10.1 Å². The lowest BCUT2D eigenvalue weighted by molar-refractivity contribution is -0.146. The molecular weight excluding hydrogens is 354 g/mol. The lowest BCUT2D eigenvalue weighted by Gasteiger charge is -2.16. The fourth-order valence-electron chi connectivity index (χ4n) is 1.87. The van der Waals surface area contributed by atoms with Crippen molar-refractivity contribution in [2.45, 2.75) is 18.9 Å². The first kappa shape index (κ1) is 21.6. The summed E-state index contributed by atoms with van der Waals surface area (Å²) in [6.07, 6.45) is 2.38. The Morgan fingerprint density at radius 3 is 2.26 bits per heavy atom. The van der Waals surface area contributed by atoms with Crippen LogP contribution >= 0.6 is 0 Å². The number of amides is 1. The highest BCUT2D eigenvalue weighted by molar-refractivity contribution is 5.83. The van der Waals surface area contributed by atoms with Gasteiger partial charge in [0.2, 0.25) is 0 Å². The van der Waals surface area contributed by atoms with Crippen molar-refractivity contribution in [2.24, 2.45) is 0 Å². The van der Waals surface area contributed by atoms with Gasteiger partial charge in [-0.15, -0.1) is 0 Å². The van der Waals surface area contributed by atoms with E-state index in [1.165, 1.54) is 36.4 Å². The molecule has 1 aromatic rings. The highest BCUT2D eigenvalue weighted by Crippen LogP contribution is 2.12. The van der Waals surface area contributed by atoms with Gasteiger partial charge in [0.1, 0.15) is 31.3 Å². The number of esters is 2. The first-order chi connectivity index (χ1) is 13.0. The van der Waals surface area contributed by atoms with Gasteiger partial charge in [0.05, 0.1) is 0 Å². The minimum absolute atomic E-state index is 0.0366. The molecule has 144 valence electrons. The number of hydrogen-bond acceptors (Lipinski definition) is 7. The lowest BCUT2D eigenvalue weighted by Crippen LogP contribution is -2.43. The van der Waals surface area contributed by atoms with Crippen LogP contribution in [-0.2, 0) is 19.1 Å². The van der Waals surface area contributed by atoms with Crippen LogP contribution in [0.3, 0.4) is 0 Å². The smallest absolute Gasteiger partial charge is 0.413 e. The number of carbonyl (C=O) groups is 4. The highest BCUT2D eigenvalue weighted by Gasteiger charge is 2.24. The molecule has 0 bridgehead atoms. The maximum atomic E-state index is 12.1. The Balaban J connectivity index is 2.66. The maximum absolute atomic E-state index is 12.1. The molecule has 27 heavy (non-hydrogen) atoms. The second kappa shape index (κ2) is 12.0. The van der Waals surface area contributed by atoms with E-state index in [0.717, 1.165) is 0 Å². The van der Waals surface area contributed by atoms with Crippen LogP contribution in [0.2, 0.25) is 0 Å². The predicted molar refractivity (Wildman–Crippen MR) is 96.3 cm³/mol. The number of carbonyl (C=O) groups excluding carboxylic acids is 4. The van der Waals surface area contributed by atoms with Crippen molar-refractivity contribution in [3.8, 4) is 5.75 Å². The standard InChI is InChI=1S/C19H21NO7/c1-3-11-25-17(22)10-9-16(18(23)26-12-4-2)20-19(24)27-15-7-5-14(13-21)6-8-15/h3-8,13,16H,1-2,9-12H2,(H,20,24)/t16-/m0/s1. The van der Waals surface area contributed by atoms with Crippen LogP contribution in [0.5, 0.6) is 5.75 Å². The van der Waals surface area contributed by atoms with Gasteiger partial charge < -0.3 is 19.5 Å². The molecule has 1 rings (SSSR count). The number of rotatable bonds is 11. The summed E-state index contributed by atoms with van der Waals surface area (Å²) in [4.78, 5) is 46.3. The van der Waals surface area contributed by atoms with E-state index < -0.39 is 24.1 Å². The highest BCUT2D eigenvalue weighted by atomic mass is 16.6. The molecule has 0 saturated heterocycles. The molecule has 8 nitrogen and oxygen atoms in total. The second-order valence-corrected chi connectivity index (χ2v) is 5.20. The molecule has 0 aromatic heterocycles. The third kappa shape index (κ3) is 8.48. The van der Waals surface area contributed by atoms with E-state index in [-0.39, 0.29) is 31.8 Å². The van der Waals surface area contributed by atoms with Gasteiger partial charge in [0.15, 0.2) is 0 Å². The van der Waals surface area contributed by atoms with Crippen LogP contribution in [0.4, 0.5) is 4.79 Å². The molecule has 0 unspecified atom stereocenters. The molecule has 0 saturated carbocycles. The summed E-state index contributed by atoms with van der Waals surface area (Å²) in [7, 11) is 0. The van der Waals surface area contributed by atoms with Gasteiger partial charge in [0, 0.05) is 12.0 Å². The van der Waals surface area contributed by atoms with Crippen LogP contribution in [0.15, 0.2) is 49.6 Å². The minimum Gasteiger partial charge on any atom is -0.461 e. The minimum atomic E-state index is -1.11. The quantitative estimate of drug-likeness (QED) is 0.359. The summed E-state index contributed by atoms with van der Waals surface area (Å²) in [5.74, 6) is -1.10. The number of aldehydes is 1. The second-order valence-electron chi connectivity index (χ2n) is 5.20. The summed E-state index contributed by atoms with van der Waals surface area (Å²) in [6, 6.07) is 4.70. The van der Waals surface area contributed by atoms with Crippen molar-refractivity contribution in [3.05, 3.63) is 55.1 Å². The van der Waals surface area contributed by atoms with Crippen LogP contribution in [0.1, 0.15) is 23.2 Å². The molecular formula is C19H21NO7. The van der Waals surface area contributed by atoms with Crippen molar-refractivity contribution >= 4 is 24.3 Å². The molecule has 0 spiro atoms. The summed E-state index contributed by atoms with van der Waals surface area (Å²) >= 11 is 0.